The van der Waals surface area contributed by atoms with Crippen LogP contribution in [0.5, 0.6) is 11.5 Å². The molecule has 2 aliphatic rings. The summed E-state index contributed by atoms with van der Waals surface area (Å²) in [5.74, 6) is 2.18. The van der Waals surface area contributed by atoms with Gasteiger partial charge in [-0.2, -0.15) is 0 Å². The summed E-state index contributed by atoms with van der Waals surface area (Å²) in [5.41, 5.74) is 2.48. The Balaban J connectivity index is 1.57. The van der Waals surface area contributed by atoms with Crippen molar-refractivity contribution in [3.63, 3.8) is 0 Å². The number of methoxy groups -OCH3 is 1. The maximum atomic E-state index is 12.8. The molecule has 1 aliphatic heterocycles. The monoisotopic (exact) mass is 407 g/mol. The molecule has 4 nitrogen and oxygen atoms in total. The number of carbonyl (C=O) groups is 1. The number of benzene rings is 2. The van der Waals surface area contributed by atoms with E-state index in [9.17, 15) is 4.79 Å². The maximum Gasteiger partial charge on any atom is 0.161 e. The van der Waals surface area contributed by atoms with Gasteiger partial charge in [-0.15, -0.1) is 0 Å². The summed E-state index contributed by atoms with van der Waals surface area (Å²) < 4.78 is 11.9. The number of ketones is 1. The highest BCUT2D eigenvalue weighted by Gasteiger charge is 2.37. The molecule has 2 aromatic rings. The van der Waals surface area contributed by atoms with Crippen LogP contribution in [-0.2, 0) is 11.3 Å². The lowest BCUT2D eigenvalue weighted by molar-refractivity contribution is -0.122. The molecular weight excluding hydrogens is 374 g/mol. The molecule has 0 radical (unpaired) electrons. The van der Waals surface area contributed by atoms with Crippen molar-refractivity contribution in [2.75, 3.05) is 20.2 Å². The normalized spacial score (nSPS) is 22.3. The molecule has 2 aromatic carbocycles. The highest BCUT2D eigenvalue weighted by molar-refractivity contribution is 5.82. The van der Waals surface area contributed by atoms with E-state index in [4.69, 9.17) is 9.47 Å². The molecule has 1 saturated carbocycles. The van der Waals surface area contributed by atoms with E-state index in [1.165, 1.54) is 24.0 Å². The summed E-state index contributed by atoms with van der Waals surface area (Å²) in [5, 5.41) is 0. The first-order valence-electron chi connectivity index (χ1n) is 11.3. The van der Waals surface area contributed by atoms with Gasteiger partial charge in [-0.3, -0.25) is 9.69 Å². The van der Waals surface area contributed by atoms with Crippen molar-refractivity contribution in [1.29, 1.82) is 0 Å². The number of hydrogen-bond acceptors (Lipinski definition) is 4. The zero-order valence-electron chi connectivity index (χ0n) is 18.2. The molecule has 1 heterocycles. The Hall–Kier alpha value is -2.33. The van der Waals surface area contributed by atoms with E-state index in [0.717, 1.165) is 44.0 Å². The number of Topliss-reactive ketones (excluding diaryl/α,β-unsaturated/α-hetero) is 1. The molecule has 1 saturated heterocycles. The van der Waals surface area contributed by atoms with Crippen molar-refractivity contribution in [3.05, 3.63) is 59.7 Å². The van der Waals surface area contributed by atoms with Gasteiger partial charge in [-0.05, 0) is 48.9 Å². The first-order chi connectivity index (χ1) is 14.7. The van der Waals surface area contributed by atoms with E-state index >= 15 is 0 Å². The first kappa shape index (κ1) is 20.9. The molecule has 0 amide bonds. The van der Waals surface area contributed by atoms with Gasteiger partial charge in [0.15, 0.2) is 11.5 Å². The second kappa shape index (κ2) is 9.65. The van der Waals surface area contributed by atoms with Gasteiger partial charge in [0.25, 0.3) is 0 Å². The van der Waals surface area contributed by atoms with Gasteiger partial charge in [0.1, 0.15) is 5.78 Å². The molecule has 30 heavy (non-hydrogen) atoms. The minimum absolute atomic E-state index is 0.0337. The Morgan fingerprint density at radius 2 is 1.80 bits per heavy atom. The average molecular weight is 408 g/mol. The second-order valence-corrected chi connectivity index (χ2v) is 8.65. The molecule has 2 atom stereocenters. The Morgan fingerprint density at radius 3 is 2.50 bits per heavy atom. The SMILES string of the molecule is CCC(=O)C1CN(Cc2ccccc2)CC1c1ccc(OC)c(OC2CCCC2)c1. The molecular formula is C26H33NO3. The van der Waals surface area contributed by atoms with Gasteiger partial charge >= 0.3 is 0 Å². The Kier molecular flexibility index (Phi) is 6.73. The zero-order valence-corrected chi connectivity index (χ0v) is 18.2. The van der Waals surface area contributed by atoms with Gasteiger partial charge < -0.3 is 9.47 Å². The van der Waals surface area contributed by atoms with E-state index in [2.05, 4.69) is 41.3 Å². The number of hydrogen-bond donors (Lipinski definition) is 0. The summed E-state index contributed by atoms with van der Waals surface area (Å²) in [7, 11) is 1.69. The molecule has 160 valence electrons. The third kappa shape index (κ3) is 4.70. The van der Waals surface area contributed by atoms with E-state index in [0.29, 0.717) is 12.2 Å². The van der Waals surface area contributed by atoms with E-state index in [-0.39, 0.29) is 17.9 Å². The third-order valence-corrected chi connectivity index (χ3v) is 6.62. The summed E-state index contributed by atoms with van der Waals surface area (Å²) in [6.07, 6.45) is 5.55. The van der Waals surface area contributed by atoms with Crippen LogP contribution < -0.4 is 9.47 Å². The summed E-state index contributed by atoms with van der Waals surface area (Å²) in [6, 6.07) is 16.8. The van der Waals surface area contributed by atoms with Crippen LogP contribution in [0.15, 0.2) is 48.5 Å². The number of likely N-dealkylation sites (tertiary alicyclic amines) is 1. The van der Waals surface area contributed by atoms with Crippen LogP contribution in [0.25, 0.3) is 0 Å². The first-order valence-corrected chi connectivity index (χ1v) is 11.3. The minimum Gasteiger partial charge on any atom is -0.493 e. The predicted octanol–water partition coefficient (Wildman–Crippen LogP) is 5.21. The quantitative estimate of drug-likeness (QED) is 0.602. The van der Waals surface area contributed by atoms with Crippen molar-refractivity contribution >= 4 is 5.78 Å². The van der Waals surface area contributed by atoms with Crippen LogP contribution in [0.3, 0.4) is 0 Å². The van der Waals surface area contributed by atoms with Gasteiger partial charge in [0.05, 0.1) is 13.2 Å². The molecule has 2 fully saturated rings. The van der Waals surface area contributed by atoms with E-state index in [1.807, 2.05) is 19.1 Å². The molecule has 0 spiro atoms. The van der Waals surface area contributed by atoms with E-state index < -0.39 is 0 Å². The van der Waals surface area contributed by atoms with Crippen LogP contribution in [-0.4, -0.2) is 37.0 Å². The van der Waals surface area contributed by atoms with Gasteiger partial charge in [-0.25, -0.2) is 0 Å². The Labute approximate surface area is 180 Å². The third-order valence-electron chi connectivity index (χ3n) is 6.62. The maximum absolute atomic E-state index is 12.8. The van der Waals surface area contributed by atoms with Crippen molar-refractivity contribution < 1.29 is 14.3 Å². The minimum atomic E-state index is 0.0337. The van der Waals surface area contributed by atoms with Crippen LogP contribution in [0.4, 0.5) is 0 Å². The number of rotatable bonds is 8. The number of carbonyl (C=O) groups excluding carboxylic acids is 1. The van der Waals surface area contributed by atoms with Crippen molar-refractivity contribution in [2.45, 2.75) is 57.6 Å². The van der Waals surface area contributed by atoms with Gasteiger partial charge in [0, 0.05) is 37.9 Å². The fourth-order valence-corrected chi connectivity index (χ4v) is 4.98. The lowest BCUT2D eigenvalue weighted by Gasteiger charge is -2.21. The summed E-state index contributed by atoms with van der Waals surface area (Å²) >= 11 is 0. The van der Waals surface area contributed by atoms with Crippen LogP contribution in [0, 0.1) is 5.92 Å². The summed E-state index contributed by atoms with van der Waals surface area (Å²) in [6.45, 7) is 4.56. The predicted molar refractivity (Wildman–Crippen MR) is 119 cm³/mol. The number of nitrogens with zero attached hydrogens (tertiary/aromatic N) is 1. The van der Waals surface area contributed by atoms with Crippen molar-refractivity contribution in [2.24, 2.45) is 5.92 Å². The lowest BCUT2D eigenvalue weighted by Crippen LogP contribution is -2.23. The molecule has 1 aliphatic carbocycles. The molecule has 4 heteroatoms. The molecule has 0 N–H and O–H groups in total. The fourth-order valence-electron chi connectivity index (χ4n) is 4.98. The topological polar surface area (TPSA) is 38.8 Å². The van der Waals surface area contributed by atoms with Gasteiger partial charge in [0.2, 0.25) is 0 Å². The Bertz CT molecular complexity index is 845. The van der Waals surface area contributed by atoms with Crippen LogP contribution in [0.1, 0.15) is 56.1 Å². The highest BCUT2D eigenvalue weighted by Crippen LogP contribution is 2.39. The zero-order chi connectivity index (χ0) is 20.9. The molecule has 2 unspecified atom stereocenters. The summed E-state index contributed by atoms with van der Waals surface area (Å²) in [4.78, 5) is 15.2. The Morgan fingerprint density at radius 1 is 1.03 bits per heavy atom. The van der Waals surface area contributed by atoms with Crippen LogP contribution >= 0.6 is 0 Å². The van der Waals surface area contributed by atoms with Crippen molar-refractivity contribution in [1.82, 2.24) is 4.90 Å². The fraction of sp³-hybridized carbons (Fsp3) is 0.500. The molecule has 0 aromatic heterocycles. The van der Waals surface area contributed by atoms with E-state index in [1.54, 1.807) is 7.11 Å². The van der Waals surface area contributed by atoms with Crippen LogP contribution in [0.2, 0.25) is 0 Å². The molecule has 4 rings (SSSR count). The van der Waals surface area contributed by atoms with Crippen molar-refractivity contribution in [3.8, 4) is 11.5 Å². The average Bonchev–Trinajstić information content (AvgIpc) is 3.44. The molecule has 0 bridgehead atoms. The number of ether oxygens (including phenoxy) is 2. The second-order valence-electron chi connectivity index (χ2n) is 8.65. The smallest absolute Gasteiger partial charge is 0.161 e. The lowest BCUT2D eigenvalue weighted by atomic mass is 9.85. The largest absolute Gasteiger partial charge is 0.493 e. The van der Waals surface area contributed by atoms with Gasteiger partial charge in [-0.1, -0.05) is 43.3 Å². The standard InChI is InChI=1S/C26H33NO3/c1-3-24(28)23-18-27(16-19-9-5-4-6-10-19)17-22(23)20-13-14-25(29-2)26(15-20)30-21-11-7-8-12-21/h4-6,9-10,13-15,21-23H,3,7-8,11-12,16-18H2,1-2H3. The highest BCUT2D eigenvalue weighted by atomic mass is 16.5.